The second-order valence-corrected chi connectivity index (χ2v) is 7.67. The number of ether oxygens (including phenoxy) is 2. The van der Waals surface area contributed by atoms with Crippen LogP contribution in [0.5, 0.6) is 11.5 Å². The van der Waals surface area contributed by atoms with E-state index in [1.165, 1.54) is 19.2 Å². The van der Waals surface area contributed by atoms with Crippen LogP contribution in [0.2, 0.25) is 5.02 Å². The van der Waals surface area contributed by atoms with Gasteiger partial charge in [0, 0.05) is 5.56 Å². The highest BCUT2D eigenvalue weighted by atomic mass is 35.5. The zero-order chi connectivity index (χ0) is 23.4. The zero-order valence-corrected chi connectivity index (χ0v) is 18.4. The molecular weight excluding hydrogens is 447 g/mol. The molecule has 168 valence electrons. The number of urea groups is 1. The summed E-state index contributed by atoms with van der Waals surface area (Å²) in [5, 5.41) is 2.86. The average molecular weight is 467 g/mol. The molecule has 1 fully saturated rings. The number of methoxy groups -OCH3 is 1. The van der Waals surface area contributed by atoms with Crippen LogP contribution in [0.1, 0.15) is 16.7 Å². The van der Waals surface area contributed by atoms with Gasteiger partial charge in [-0.25, -0.2) is 9.18 Å². The lowest BCUT2D eigenvalue weighted by molar-refractivity contribution is -0.123. The van der Waals surface area contributed by atoms with Crippen LogP contribution in [0.15, 0.2) is 72.4 Å². The van der Waals surface area contributed by atoms with Crippen LogP contribution in [0, 0.1) is 5.82 Å². The highest BCUT2D eigenvalue weighted by molar-refractivity contribution is 6.31. The first-order chi connectivity index (χ1) is 16.0. The standard InChI is InChI=1S/C25H20ClFN2O4/c1-32-22-11-10-17(13-23(22)33-15-18-19(26)8-5-9-20(18)27)12-21-24(30)29(25(31)28-21)14-16-6-3-2-4-7-16/h2-13H,14-15H2,1H3,(H,28,31)/b21-12+. The molecule has 0 aliphatic carbocycles. The molecule has 4 rings (SSSR count). The molecule has 33 heavy (non-hydrogen) atoms. The number of nitrogens with zero attached hydrogens (tertiary/aromatic N) is 1. The van der Waals surface area contributed by atoms with Crippen molar-refractivity contribution in [2.24, 2.45) is 0 Å². The van der Waals surface area contributed by atoms with Crippen molar-refractivity contribution < 1.29 is 23.5 Å². The Kier molecular flexibility index (Phi) is 6.60. The number of hydrogen-bond donors (Lipinski definition) is 1. The van der Waals surface area contributed by atoms with E-state index in [4.69, 9.17) is 21.1 Å². The summed E-state index contributed by atoms with van der Waals surface area (Å²) in [7, 11) is 1.48. The van der Waals surface area contributed by atoms with Gasteiger partial charge in [-0.15, -0.1) is 0 Å². The summed E-state index contributed by atoms with van der Waals surface area (Å²) < 4.78 is 25.2. The maximum absolute atomic E-state index is 14.1. The monoisotopic (exact) mass is 466 g/mol. The van der Waals surface area contributed by atoms with E-state index in [0.29, 0.717) is 17.1 Å². The Morgan fingerprint density at radius 2 is 1.82 bits per heavy atom. The lowest BCUT2D eigenvalue weighted by atomic mass is 10.1. The maximum Gasteiger partial charge on any atom is 0.329 e. The number of carbonyl (C=O) groups excluding carboxylic acids is 2. The van der Waals surface area contributed by atoms with Gasteiger partial charge >= 0.3 is 6.03 Å². The van der Waals surface area contributed by atoms with Gasteiger partial charge in [0.15, 0.2) is 11.5 Å². The molecule has 0 unspecified atom stereocenters. The van der Waals surface area contributed by atoms with Gasteiger partial charge in [-0.3, -0.25) is 9.69 Å². The molecule has 3 amide bonds. The zero-order valence-electron chi connectivity index (χ0n) is 17.7. The van der Waals surface area contributed by atoms with Crippen LogP contribution in [-0.2, 0) is 17.9 Å². The number of benzene rings is 3. The van der Waals surface area contributed by atoms with Gasteiger partial charge in [0.05, 0.1) is 18.7 Å². The molecule has 0 atom stereocenters. The van der Waals surface area contributed by atoms with Crippen LogP contribution < -0.4 is 14.8 Å². The largest absolute Gasteiger partial charge is 0.493 e. The van der Waals surface area contributed by atoms with Crippen molar-refractivity contribution in [2.45, 2.75) is 13.2 Å². The van der Waals surface area contributed by atoms with Crippen molar-refractivity contribution in [3.05, 3.63) is 100.0 Å². The molecular formula is C25H20ClFN2O4. The summed E-state index contributed by atoms with van der Waals surface area (Å²) in [5.41, 5.74) is 1.80. The summed E-state index contributed by atoms with van der Waals surface area (Å²) in [5.74, 6) is -0.140. The lowest BCUT2D eigenvalue weighted by Crippen LogP contribution is -2.30. The van der Waals surface area contributed by atoms with Crippen molar-refractivity contribution in [1.82, 2.24) is 10.2 Å². The van der Waals surface area contributed by atoms with Gasteiger partial charge in [0.2, 0.25) is 0 Å². The van der Waals surface area contributed by atoms with E-state index in [1.54, 1.807) is 30.3 Å². The molecule has 0 radical (unpaired) electrons. The maximum atomic E-state index is 14.1. The summed E-state index contributed by atoms with van der Waals surface area (Å²) in [6, 6.07) is 18.2. The molecule has 8 heteroatoms. The molecule has 0 aromatic heterocycles. The Morgan fingerprint density at radius 3 is 2.55 bits per heavy atom. The van der Waals surface area contributed by atoms with E-state index >= 15 is 0 Å². The van der Waals surface area contributed by atoms with E-state index in [2.05, 4.69) is 5.32 Å². The molecule has 0 spiro atoms. The van der Waals surface area contributed by atoms with Gasteiger partial charge in [-0.1, -0.05) is 54.1 Å². The lowest BCUT2D eigenvalue weighted by Gasteiger charge is -2.13. The molecule has 0 saturated carbocycles. The molecule has 1 saturated heterocycles. The topological polar surface area (TPSA) is 67.9 Å². The summed E-state index contributed by atoms with van der Waals surface area (Å²) in [4.78, 5) is 26.3. The summed E-state index contributed by atoms with van der Waals surface area (Å²) in [6.45, 7) is 0.0611. The average Bonchev–Trinajstić information content (AvgIpc) is 3.07. The number of halogens is 2. The quantitative estimate of drug-likeness (QED) is 0.386. The van der Waals surface area contributed by atoms with Crippen LogP contribution in [0.4, 0.5) is 9.18 Å². The highest BCUT2D eigenvalue weighted by Crippen LogP contribution is 2.31. The normalized spacial score (nSPS) is 14.5. The molecule has 1 aliphatic heterocycles. The number of imide groups is 1. The molecule has 3 aromatic carbocycles. The first kappa shape index (κ1) is 22.4. The van der Waals surface area contributed by atoms with Gasteiger partial charge < -0.3 is 14.8 Å². The third-order valence-corrected chi connectivity index (χ3v) is 5.43. The third kappa shape index (κ3) is 4.99. The molecule has 3 aromatic rings. The van der Waals surface area contributed by atoms with Crippen LogP contribution in [-0.4, -0.2) is 23.9 Å². The van der Waals surface area contributed by atoms with Crippen molar-refractivity contribution in [2.75, 3.05) is 7.11 Å². The molecule has 1 heterocycles. The minimum absolute atomic E-state index is 0.109. The number of rotatable bonds is 7. The van der Waals surface area contributed by atoms with Gasteiger partial charge in [-0.05, 0) is 41.5 Å². The summed E-state index contributed by atoms with van der Waals surface area (Å²) >= 11 is 6.07. The number of nitrogens with one attached hydrogen (secondary N) is 1. The van der Waals surface area contributed by atoms with E-state index in [1.807, 2.05) is 30.3 Å². The van der Waals surface area contributed by atoms with Crippen molar-refractivity contribution in [3.63, 3.8) is 0 Å². The first-order valence-corrected chi connectivity index (χ1v) is 10.5. The Balaban J connectivity index is 1.54. The predicted molar refractivity (Wildman–Crippen MR) is 122 cm³/mol. The second kappa shape index (κ2) is 9.75. The third-order valence-electron chi connectivity index (χ3n) is 5.08. The Morgan fingerprint density at radius 1 is 1.03 bits per heavy atom. The number of amides is 3. The van der Waals surface area contributed by atoms with Crippen LogP contribution in [0.3, 0.4) is 0 Å². The van der Waals surface area contributed by atoms with E-state index in [9.17, 15) is 14.0 Å². The number of hydrogen-bond acceptors (Lipinski definition) is 4. The Bertz CT molecular complexity index is 1210. The van der Waals surface area contributed by atoms with Gasteiger partial charge in [0.25, 0.3) is 5.91 Å². The SMILES string of the molecule is COc1ccc(/C=C2/NC(=O)N(Cc3ccccc3)C2=O)cc1OCc1c(F)cccc1Cl. The highest BCUT2D eigenvalue weighted by Gasteiger charge is 2.33. The van der Waals surface area contributed by atoms with E-state index in [0.717, 1.165) is 10.5 Å². The summed E-state index contributed by atoms with van der Waals surface area (Å²) in [6.07, 6.45) is 1.55. The number of carbonyl (C=O) groups is 2. The van der Waals surface area contributed by atoms with Gasteiger partial charge in [-0.2, -0.15) is 0 Å². The molecule has 6 nitrogen and oxygen atoms in total. The second-order valence-electron chi connectivity index (χ2n) is 7.26. The Labute approximate surface area is 195 Å². The fraction of sp³-hybridized carbons (Fsp3) is 0.120. The Hall–Kier alpha value is -3.84. The first-order valence-electron chi connectivity index (χ1n) is 10.1. The van der Waals surface area contributed by atoms with Crippen molar-refractivity contribution >= 4 is 29.6 Å². The minimum atomic E-state index is -0.491. The minimum Gasteiger partial charge on any atom is -0.493 e. The fourth-order valence-corrected chi connectivity index (χ4v) is 3.58. The predicted octanol–water partition coefficient (Wildman–Crippen LogP) is 5.16. The van der Waals surface area contributed by atoms with Crippen LogP contribution in [0.25, 0.3) is 6.08 Å². The van der Waals surface area contributed by atoms with E-state index < -0.39 is 17.8 Å². The fourth-order valence-electron chi connectivity index (χ4n) is 3.36. The smallest absolute Gasteiger partial charge is 0.329 e. The molecule has 1 aliphatic rings. The molecule has 0 bridgehead atoms. The van der Waals surface area contributed by atoms with Crippen LogP contribution >= 0.6 is 11.6 Å². The van der Waals surface area contributed by atoms with Crippen molar-refractivity contribution in [3.8, 4) is 11.5 Å². The van der Waals surface area contributed by atoms with Crippen molar-refractivity contribution in [1.29, 1.82) is 0 Å². The van der Waals surface area contributed by atoms with E-state index in [-0.39, 0.29) is 29.4 Å². The molecule has 1 N–H and O–H groups in total. The van der Waals surface area contributed by atoms with Gasteiger partial charge in [0.1, 0.15) is 18.1 Å².